The number of nitrogens with two attached hydrogens (primary N) is 1. The molecule has 3 N–H and O–H groups in total. The van der Waals surface area contributed by atoms with E-state index in [-0.39, 0.29) is 24.2 Å². The monoisotopic (exact) mass is 231 g/mol. The van der Waals surface area contributed by atoms with Gasteiger partial charge in [-0.3, -0.25) is 0 Å². The third kappa shape index (κ3) is 2.83. The summed E-state index contributed by atoms with van der Waals surface area (Å²) in [5, 5.41) is 9.45. The number of phenolic OH excluding ortho intramolecular Hbond substituents is 1. The summed E-state index contributed by atoms with van der Waals surface area (Å²) in [6.07, 6.45) is 3.27. The van der Waals surface area contributed by atoms with Crippen molar-refractivity contribution in [2.75, 3.05) is 0 Å². The molecule has 2 nitrogen and oxygen atoms in total. The number of hydrogen-bond donors (Lipinski definition) is 2. The van der Waals surface area contributed by atoms with Gasteiger partial charge in [0.05, 0.1) is 0 Å². The minimum absolute atomic E-state index is 0. The quantitative estimate of drug-likeness (QED) is 0.840. The fourth-order valence-electron chi connectivity index (χ4n) is 1.67. The third-order valence-corrected chi connectivity index (χ3v) is 2.70. The molecule has 1 aromatic rings. The topological polar surface area (TPSA) is 46.2 Å². The molecule has 0 heterocycles. The second-order valence-corrected chi connectivity index (χ2v) is 3.96. The maximum Gasteiger partial charge on any atom is 0.165 e. The first-order valence-electron chi connectivity index (χ1n) is 4.91. The summed E-state index contributed by atoms with van der Waals surface area (Å²) in [4.78, 5) is 0. The van der Waals surface area contributed by atoms with Gasteiger partial charge in [-0.05, 0) is 18.4 Å². The summed E-state index contributed by atoms with van der Waals surface area (Å²) in [6, 6.07) is 4.27. The molecule has 0 spiro atoms. The van der Waals surface area contributed by atoms with Gasteiger partial charge in [-0.15, -0.1) is 12.4 Å². The van der Waals surface area contributed by atoms with E-state index in [9.17, 15) is 9.50 Å². The second kappa shape index (κ2) is 4.81. The van der Waals surface area contributed by atoms with E-state index in [1.54, 1.807) is 12.1 Å². The number of aromatic hydroxyl groups is 1. The van der Waals surface area contributed by atoms with Crippen LogP contribution in [0.5, 0.6) is 5.75 Å². The average molecular weight is 232 g/mol. The van der Waals surface area contributed by atoms with E-state index in [1.807, 2.05) is 0 Å². The van der Waals surface area contributed by atoms with E-state index in [1.165, 1.54) is 18.9 Å². The standard InChI is InChI=1S/C11H14FNO.ClH/c12-9-3-1-2-8(11(9)14)10(13)6-7-4-5-7;/h1-3,7,10,14H,4-6,13H2;1H/t10-;/m0./s1. The van der Waals surface area contributed by atoms with Crippen molar-refractivity contribution in [3.8, 4) is 5.75 Å². The smallest absolute Gasteiger partial charge is 0.165 e. The molecule has 1 aliphatic rings. The minimum Gasteiger partial charge on any atom is -0.505 e. The first-order valence-corrected chi connectivity index (χ1v) is 4.91. The van der Waals surface area contributed by atoms with Crippen molar-refractivity contribution < 1.29 is 9.50 Å². The van der Waals surface area contributed by atoms with Gasteiger partial charge >= 0.3 is 0 Å². The highest BCUT2D eigenvalue weighted by Crippen LogP contribution is 2.38. The van der Waals surface area contributed by atoms with E-state index in [0.717, 1.165) is 6.42 Å². The summed E-state index contributed by atoms with van der Waals surface area (Å²) in [7, 11) is 0. The fourth-order valence-corrected chi connectivity index (χ4v) is 1.67. The molecule has 84 valence electrons. The fraction of sp³-hybridized carbons (Fsp3) is 0.455. The molecule has 1 aromatic carbocycles. The van der Waals surface area contributed by atoms with Crippen LogP contribution >= 0.6 is 12.4 Å². The highest BCUT2D eigenvalue weighted by Gasteiger charge is 2.25. The predicted octanol–water partition coefficient (Wildman–Crippen LogP) is 2.75. The molecule has 15 heavy (non-hydrogen) atoms. The maximum absolute atomic E-state index is 13.0. The minimum atomic E-state index is -0.589. The van der Waals surface area contributed by atoms with Crippen molar-refractivity contribution >= 4 is 12.4 Å². The Kier molecular flexibility index (Phi) is 3.94. The molecule has 1 fully saturated rings. The number of benzene rings is 1. The Labute approximate surface area is 94.7 Å². The number of phenols is 1. The third-order valence-electron chi connectivity index (χ3n) is 2.70. The maximum atomic E-state index is 13.0. The van der Waals surface area contributed by atoms with Crippen molar-refractivity contribution in [3.63, 3.8) is 0 Å². The zero-order chi connectivity index (χ0) is 10.1. The molecule has 0 bridgehead atoms. The van der Waals surface area contributed by atoms with Crippen molar-refractivity contribution in [2.24, 2.45) is 11.7 Å². The largest absolute Gasteiger partial charge is 0.505 e. The normalized spacial score (nSPS) is 16.9. The van der Waals surface area contributed by atoms with E-state index < -0.39 is 5.82 Å². The van der Waals surface area contributed by atoms with E-state index in [0.29, 0.717) is 11.5 Å². The number of halogens is 2. The highest BCUT2D eigenvalue weighted by atomic mass is 35.5. The van der Waals surface area contributed by atoms with Crippen LogP contribution in [0.25, 0.3) is 0 Å². The van der Waals surface area contributed by atoms with Crippen molar-refractivity contribution in [1.29, 1.82) is 0 Å². The molecule has 0 unspecified atom stereocenters. The van der Waals surface area contributed by atoms with Gasteiger partial charge in [-0.1, -0.05) is 25.0 Å². The Balaban J connectivity index is 0.00000112. The molecule has 0 aliphatic heterocycles. The lowest BCUT2D eigenvalue weighted by atomic mass is 10.0. The number of rotatable bonds is 3. The number of para-hydroxylation sites is 1. The first kappa shape index (κ1) is 12.3. The lowest BCUT2D eigenvalue weighted by Crippen LogP contribution is -2.11. The Morgan fingerprint density at radius 2 is 2.13 bits per heavy atom. The molecular weight excluding hydrogens is 217 g/mol. The van der Waals surface area contributed by atoms with E-state index in [2.05, 4.69) is 0 Å². The molecule has 1 atom stereocenters. The molecule has 0 amide bonds. The highest BCUT2D eigenvalue weighted by molar-refractivity contribution is 5.85. The predicted molar refractivity (Wildman–Crippen MR) is 59.6 cm³/mol. The average Bonchev–Trinajstić information content (AvgIpc) is 2.93. The molecule has 0 radical (unpaired) electrons. The van der Waals surface area contributed by atoms with Crippen molar-refractivity contribution in [3.05, 3.63) is 29.6 Å². The van der Waals surface area contributed by atoms with Crippen LogP contribution in [-0.4, -0.2) is 5.11 Å². The molecule has 2 rings (SSSR count). The Hall–Kier alpha value is -0.800. The molecular formula is C11H15ClFNO. The van der Waals surface area contributed by atoms with Crippen LogP contribution in [0.1, 0.15) is 30.9 Å². The second-order valence-electron chi connectivity index (χ2n) is 3.96. The summed E-state index contributed by atoms with van der Waals surface area (Å²) >= 11 is 0. The first-order chi connectivity index (χ1) is 6.68. The van der Waals surface area contributed by atoms with Crippen LogP contribution in [0, 0.1) is 11.7 Å². The lowest BCUT2D eigenvalue weighted by molar-refractivity contribution is 0.417. The Morgan fingerprint density at radius 3 is 2.73 bits per heavy atom. The van der Waals surface area contributed by atoms with Gasteiger partial charge in [0.15, 0.2) is 11.6 Å². The van der Waals surface area contributed by atoms with Crippen LogP contribution in [0.15, 0.2) is 18.2 Å². The molecule has 0 saturated heterocycles. The van der Waals surface area contributed by atoms with Gasteiger partial charge < -0.3 is 10.8 Å². The van der Waals surface area contributed by atoms with E-state index in [4.69, 9.17) is 5.73 Å². The van der Waals surface area contributed by atoms with Gasteiger partial charge in [-0.25, -0.2) is 4.39 Å². The van der Waals surface area contributed by atoms with Gasteiger partial charge in [0, 0.05) is 11.6 Å². The van der Waals surface area contributed by atoms with Gasteiger partial charge in [0.25, 0.3) is 0 Å². The van der Waals surface area contributed by atoms with Gasteiger partial charge in [-0.2, -0.15) is 0 Å². The molecule has 0 aromatic heterocycles. The van der Waals surface area contributed by atoms with Crippen LogP contribution in [0.3, 0.4) is 0 Å². The zero-order valence-electron chi connectivity index (χ0n) is 8.32. The Morgan fingerprint density at radius 1 is 1.47 bits per heavy atom. The van der Waals surface area contributed by atoms with Crippen LogP contribution in [-0.2, 0) is 0 Å². The van der Waals surface area contributed by atoms with Gasteiger partial charge in [0.2, 0.25) is 0 Å². The van der Waals surface area contributed by atoms with Crippen molar-refractivity contribution in [1.82, 2.24) is 0 Å². The summed E-state index contributed by atoms with van der Waals surface area (Å²) in [5.74, 6) is -0.206. The van der Waals surface area contributed by atoms with Crippen LogP contribution in [0.4, 0.5) is 4.39 Å². The summed E-state index contributed by atoms with van der Waals surface area (Å²) in [6.45, 7) is 0. The summed E-state index contributed by atoms with van der Waals surface area (Å²) in [5.41, 5.74) is 6.40. The van der Waals surface area contributed by atoms with Gasteiger partial charge in [0.1, 0.15) is 0 Å². The molecule has 1 aliphatic carbocycles. The van der Waals surface area contributed by atoms with Crippen LogP contribution in [0.2, 0.25) is 0 Å². The Bertz CT molecular complexity index is 341. The summed E-state index contributed by atoms with van der Waals surface area (Å²) < 4.78 is 13.0. The van der Waals surface area contributed by atoms with Crippen LogP contribution < -0.4 is 5.73 Å². The van der Waals surface area contributed by atoms with Crippen molar-refractivity contribution in [2.45, 2.75) is 25.3 Å². The molecule has 1 saturated carbocycles. The number of hydrogen-bond acceptors (Lipinski definition) is 2. The SMILES string of the molecule is Cl.N[C@@H](CC1CC1)c1cccc(F)c1O. The zero-order valence-corrected chi connectivity index (χ0v) is 9.14. The molecule has 4 heteroatoms. The van der Waals surface area contributed by atoms with E-state index >= 15 is 0 Å². The lowest BCUT2D eigenvalue weighted by Gasteiger charge is -2.13.